The zero-order valence-corrected chi connectivity index (χ0v) is 65.6. The number of ether oxygens (including phenoxy) is 2. The van der Waals surface area contributed by atoms with Gasteiger partial charge in [0, 0.05) is 45.3 Å². The lowest BCUT2D eigenvalue weighted by molar-refractivity contribution is 0.147. The summed E-state index contributed by atoms with van der Waals surface area (Å²) in [7, 11) is 0. The molecule has 11 aromatic rings. The van der Waals surface area contributed by atoms with E-state index in [1.165, 1.54) is 12.8 Å². The Morgan fingerprint density at radius 1 is 0.419 bits per heavy atom. The van der Waals surface area contributed by atoms with Gasteiger partial charge < -0.3 is 18.4 Å². The van der Waals surface area contributed by atoms with Gasteiger partial charge in [0.05, 0.1) is 34.9 Å². The van der Waals surface area contributed by atoms with Gasteiger partial charge in [0.15, 0.2) is 11.6 Å². The molecular weight excluding hydrogens is 1280 g/mol. The van der Waals surface area contributed by atoms with Gasteiger partial charge in [-0.25, -0.2) is 19.9 Å². The number of para-hydroxylation sites is 2. The molecule has 0 N–H and O–H groups in total. The molecule has 0 aliphatic heterocycles. The van der Waals surface area contributed by atoms with Crippen molar-refractivity contribution < 1.29 is 9.47 Å². The molecule has 0 radical (unpaired) electrons. The molecule has 0 aliphatic carbocycles. The van der Waals surface area contributed by atoms with Gasteiger partial charge >= 0.3 is 6.85 Å². The Morgan fingerprint density at radius 3 is 1.13 bits per heavy atom. The zero-order chi connectivity index (χ0) is 75.0. The van der Waals surface area contributed by atoms with Crippen LogP contribution in [-0.4, -0.2) is 55.8 Å². The Balaban J connectivity index is 1.26. The van der Waals surface area contributed by atoms with Crippen molar-refractivity contribution in [3.05, 3.63) is 223 Å². The maximum Gasteiger partial charge on any atom is 0.328 e. The number of nitriles is 2. The Morgan fingerprint density at radius 2 is 0.762 bits per heavy atom. The molecule has 4 heterocycles. The van der Waals surface area contributed by atoms with Crippen molar-refractivity contribution in [3.8, 4) is 46.2 Å². The SMILES string of the molecule is CB(c1ccccc1)n1c(-c2ccc(OCC(CCC(C)CC(C)(C)C)C(C)CC(C)(C)C)cc2)c2/c(=C(\C#N)c3ncc4ccccc4n3)n(B(c3ccccc3)c3ccccc3)c(-c3ccc(OCC(CCC(C)CC(C)(C)C)C(C)CC(C)(C)C)cc3)c2/c1=C(\C#N)c1ncc2ccccc2n1. The standard InChI is InChI=1S/C93H110B2N8O2/c1-63(53-90(5,6)7)41-43-71(65(3)55-92(11,12)13)61-104-76-49-45-67(46-50-76)84-82-83(86(102(84)94(17)73-33-21-18-22-34-73)78(57-96)88-98-59-69-31-27-29-39-80(69)100-88)85(68-47-51-77(52-48-68)105-62-72(66(4)56-93(14,15)16)44-42-64(2)54-91(8,9)10)103(95(74-35-23-19-24-36-74)75-37-25-20-26-38-75)87(82)79(58-97)89-99-60-70-32-28-30-40-81(70)101-89/h18-40,45-52,59-60,63-66,71-72H,41-44,53-56,61-62H2,1-17H3/b86-78-,87-79-. The average molecular weight is 1390 g/mol. The minimum Gasteiger partial charge on any atom is -0.493 e. The van der Waals surface area contributed by atoms with Gasteiger partial charge in [0.1, 0.15) is 34.8 Å². The fraction of sp³-hybridized carbons (Fsp3) is 0.398. The normalized spacial score (nSPS) is 14.6. The molecule has 0 saturated carbocycles. The average Bonchev–Trinajstić information content (AvgIpc) is 1.52. The van der Waals surface area contributed by atoms with Crippen molar-refractivity contribution in [2.24, 2.45) is 57.2 Å². The van der Waals surface area contributed by atoms with Crippen LogP contribution in [0.2, 0.25) is 6.82 Å². The second-order valence-corrected chi connectivity index (χ2v) is 35.2. The summed E-state index contributed by atoms with van der Waals surface area (Å²) in [4.78, 5) is 20.9. The summed E-state index contributed by atoms with van der Waals surface area (Å²) in [5.41, 5.74) is 8.93. The molecule has 0 saturated heterocycles. The highest BCUT2D eigenvalue weighted by Gasteiger charge is 2.37. The molecule has 7 aromatic carbocycles. The first kappa shape index (κ1) is 76.6. The van der Waals surface area contributed by atoms with Gasteiger partial charge in [-0.15, -0.1) is 0 Å². The molecule has 11 rings (SSSR count). The monoisotopic (exact) mass is 1390 g/mol. The van der Waals surface area contributed by atoms with Gasteiger partial charge in [-0.3, -0.25) is 0 Å². The Labute approximate surface area is 627 Å². The molecule has 12 heteroatoms. The molecule has 0 amide bonds. The summed E-state index contributed by atoms with van der Waals surface area (Å²) in [5, 5.41) is 29.4. The number of fused-ring (bicyclic) bond motifs is 3. The van der Waals surface area contributed by atoms with Crippen LogP contribution in [0.1, 0.15) is 174 Å². The first-order valence-corrected chi connectivity index (χ1v) is 38.5. The van der Waals surface area contributed by atoms with Crippen molar-refractivity contribution in [2.45, 2.75) is 169 Å². The smallest absolute Gasteiger partial charge is 0.328 e. The van der Waals surface area contributed by atoms with Crippen molar-refractivity contribution in [1.29, 1.82) is 10.5 Å². The van der Waals surface area contributed by atoms with E-state index < -0.39 is 13.7 Å². The minimum atomic E-state index is -0.584. The quantitative estimate of drug-likeness (QED) is 0.0466. The first-order valence-electron chi connectivity index (χ1n) is 38.5. The number of nitrogens with zero attached hydrogens (tertiary/aromatic N) is 8. The largest absolute Gasteiger partial charge is 0.493 e. The van der Waals surface area contributed by atoms with Crippen LogP contribution in [0.4, 0.5) is 0 Å². The molecule has 4 aromatic heterocycles. The second kappa shape index (κ2) is 32.9. The van der Waals surface area contributed by atoms with Gasteiger partial charge in [-0.2, -0.15) is 10.5 Å². The lowest BCUT2D eigenvalue weighted by Gasteiger charge is -2.31. The van der Waals surface area contributed by atoms with E-state index in [-0.39, 0.29) is 44.5 Å². The Kier molecular flexibility index (Phi) is 24.0. The lowest BCUT2D eigenvalue weighted by Crippen LogP contribution is -2.53. The molecule has 10 nitrogen and oxygen atoms in total. The number of hydrogen-bond acceptors (Lipinski definition) is 8. The van der Waals surface area contributed by atoms with Crippen molar-refractivity contribution >= 4 is 73.8 Å². The third-order valence-corrected chi connectivity index (χ3v) is 21.1. The van der Waals surface area contributed by atoms with Gasteiger partial charge in [0.25, 0.3) is 6.85 Å². The van der Waals surface area contributed by atoms with Gasteiger partial charge in [-0.1, -0.05) is 274 Å². The van der Waals surface area contributed by atoms with Crippen LogP contribution in [0, 0.1) is 79.8 Å². The van der Waals surface area contributed by atoms with E-state index in [0.717, 1.165) is 110 Å². The molecule has 6 unspecified atom stereocenters. The topological polar surface area (TPSA) is 127 Å². The molecule has 6 atom stereocenters. The molecule has 0 fully saturated rings. The van der Waals surface area contributed by atoms with Crippen molar-refractivity contribution in [1.82, 2.24) is 28.9 Å². The highest BCUT2D eigenvalue weighted by atomic mass is 16.5. The van der Waals surface area contributed by atoms with Crippen LogP contribution < -0.4 is 36.6 Å². The van der Waals surface area contributed by atoms with Crippen LogP contribution in [0.3, 0.4) is 0 Å². The molecule has 0 spiro atoms. The highest BCUT2D eigenvalue weighted by Crippen LogP contribution is 2.41. The molecule has 0 bridgehead atoms. The molecule has 0 aliphatic rings. The third kappa shape index (κ3) is 19.0. The maximum absolute atomic E-state index is 12.6. The fourth-order valence-corrected chi connectivity index (χ4v) is 16.8. The summed E-state index contributed by atoms with van der Waals surface area (Å²) in [5.74, 6) is 4.78. The number of hydrogen-bond donors (Lipinski definition) is 0. The van der Waals surface area contributed by atoms with E-state index in [2.05, 4.69) is 260 Å². The van der Waals surface area contributed by atoms with E-state index in [9.17, 15) is 10.5 Å². The zero-order valence-electron chi connectivity index (χ0n) is 65.6. The van der Waals surface area contributed by atoms with Crippen LogP contribution in [0.25, 0.3) is 66.2 Å². The third-order valence-electron chi connectivity index (χ3n) is 21.1. The number of benzene rings is 7. The van der Waals surface area contributed by atoms with E-state index in [1.807, 2.05) is 79.1 Å². The van der Waals surface area contributed by atoms with Crippen molar-refractivity contribution in [3.63, 3.8) is 0 Å². The molecule has 105 heavy (non-hydrogen) atoms. The summed E-state index contributed by atoms with van der Waals surface area (Å²) in [6, 6.07) is 70.1. The van der Waals surface area contributed by atoms with Crippen LogP contribution >= 0.6 is 0 Å². The summed E-state index contributed by atoms with van der Waals surface area (Å²) < 4.78 is 18.8. The van der Waals surface area contributed by atoms with E-state index >= 15 is 0 Å². The van der Waals surface area contributed by atoms with Crippen LogP contribution in [0.5, 0.6) is 11.5 Å². The predicted molar refractivity (Wildman–Crippen MR) is 441 cm³/mol. The second-order valence-electron chi connectivity index (χ2n) is 35.2. The first-order chi connectivity index (χ1) is 50.0. The summed E-state index contributed by atoms with van der Waals surface area (Å²) in [6.45, 7) is 40.1. The predicted octanol–water partition coefficient (Wildman–Crippen LogP) is 20.0. The van der Waals surface area contributed by atoms with Crippen LogP contribution in [-0.2, 0) is 0 Å². The Bertz CT molecular complexity index is 4930. The Hall–Kier alpha value is -9.51. The summed E-state index contributed by atoms with van der Waals surface area (Å²) >= 11 is 0. The maximum atomic E-state index is 12.6. The van der Waals surface area contributed by atoms with Gasteiger partial charge in [-0.05, 0) is 167 Å². The summed E-state index contributed by atoms with van der Waals surface area (Å²) in [6.07, 6.45) is 12.6. The van der Waals surface area contributed by atoms with E-state index in [1.54, 1.807) is 0 Å². The number of aromatic nitrogens is 6. The molecular formula is C93H110B2N8O2. The lowest BCUT2D eigenvalue weighted by atomic mass is 9.50. The fourth-order valence-electron chi connectivity index (χ4n) is 16.8. The van der Waals surface area contributed by atoms with E-state index in [0.29, 0.717) is 70.5 Å². The molecule has 540 valence electrons. The van der Waals surface area contributed by atoms with Crippen LogP contribution in [0.15, 0.2) is 200 Å². The van der Waals surface area contributed by atoms with Crippen molar-refractivity contribution in [2.75, 3.05) is 13.2 Å². The van der Waals surface area contributed by atoms with E-state index in [4.69, 9.17) is 29.4 Å². The highest BCUT2D eigenvalue weighted by molar-refractivity contribution is 6.84. The van der Waals surface area contributed by atoms with Gasteiger partial charge in [0.2, 0.25) is 0 Å². The minimum absolute atomic E-state index is 0.159. The number of rotatable bonds is 27.